The number of nitrogens with zero attached hydrogens (tertiary/aromatic N) is 2. The highest BCUT2D eigenvalue weighted by Crippen LogP contribution is 2.29. The maximum absolute atomic E-state index is 13.1. The van der Waals surface area contributed by atoms with E-state index in [2.05, 4.69) is 20.8 Å². The molecule has 1 aromatic heterocycles. The van der Waals surface area contributed by atoms with Crippen LogP contribution in [-0.2, 0) is 9.59 Å². The lowest BCUT2D eigenvalue weighted by Gasteiger charge is -2.25. The van der Waals surface area contributed by atoms with Crippen LogP contribution in [0.5, 0.6) is 5.75 Å². The van der Waals surface area contributed by atoms with Crippen LogP contribution in [0.15, 0.2) is 54.6 Å². The van der Waals surface area contributed by atoms with E-state index in [1.807, 2.05) is 75.4 Å². The van der Waals surface area contributed by atoms with Gasteiger partial charge in [-0.25, -0.2) is 0 Å². The molecule has 0 unspecified atom stereocenters. The van der Waals surface area contributed by atoms with Gasteiger partial charge < -0.3 is 10.1 Å². The Labute approximate surface area is 198 Å². The molecule has 0 saturated heterocycles. The van der Waals surface area contributed by atoms with Gasteiger partial charge in [0, 0.05) is 5.56 Å². The van der Waals surface area contributed by atoms with Gasteiger partial charge in [0.25, 0.3) is 0 Å². The van der Waals surface area contributed by atoms with Crippen molar-refractivity contribution in [3.05, 3.63) is 60.2 Å². The van der Waals surface area contributed by atoms with Gasteiger partial charge in [-0.15, -0.1) is 10.2 Å². The van der Waals surface area contributed by atoms with Gasteiger partial charge in [0.15, 0.2) is 0 Å². The Bertz CT molecular complexity index is 1070. The smallest absolute Gasteiger partial charge is 0.249 e. The second-order valence-corrected chi connectivity index (χ2v) is 8.85. The van der Waals surface area contributed by atoms with Crippen molar-refractivity contribution >= 4 is 28.3 Å². The van der Waals surface area contributed by atoms with Crippen LogP contribution in [0.25, 0.3) is 10.6 Å². The third kappa shape index (κ3) is 6.16. The van der Waals surface area contributed by atoms with Crippen LogP contribution >= 0.6 is 11.3 Å². The van der Waals surface area contributed by atoms with Crippen molar-refractivity contribution < 1.29 is 14.3 Å². The van der Waals surface area contributed by atoms with Crippen molar-refractivity contribution in [1.29, 1.82) is 0 Å². The fraction of sp³-hybridized carbons (Fsp3) is 0.360. The van der Waals surface area contributed by atoms with Crippen LogP contribution in [0.2, 0.25) is 0 Å². The Kier molecular flexibility index (Phi) is 8.54. The molecule has 0 radical (unpaired) electrons. The first kappa shape index (κ1) is 24.4. The average Bonchev–Trinajstić information content (AvgIpc) is 3.31. The van der Waals surface area contributed by atoms with E-state index in [1.165, 1.54) is 11.3 Å². The molecule has 174 valence electrons. The predicted molar refractivity (Wildman–Crippen MR) is 131 cm³/mol. The molecule has 1 heterocycles. The fourth-order valence-corrected chi connectivity index (χ4v) is 4.29. The monoisotopic (exact) mass is 466 g/mol. The van der Waals surface area contributed by atoms with Gasteiger partial charge in [-0.2, -0.15) is 0 Å². The van der Waals surface area contributed by atoms with E-state index in [0.29, 0.717) is 16.6 Å². The minimum absolute atomic E-state index is 0.0481. The van der Waals surface area contributed by atoms with Gasteiger partial charge in [0.1, 0.15) is 16.8 Å². The topological polar surface area (TPSA) is 93.2 Å². The van der Waals surface area contributed by atoms with E-state index in [4.69, 9.17) is 4.74 Å². The van der Waals surface area contributed by atoms with Crippen molar-refractivity contribution in [3.8, 4) is 16.3 Å². The third-order valence-electron chi connectivity index (χ3n) is 5.69. The first-order chi connectivity index (χ1) is 16.0. The molecular weight excluding hydrogens is 436 g/mol. The molecule has 3 atom stereocenters. The molecule has 7 nitrogen and oxygen atoms in total. The zero-order chi connectivity index (χ0) is 23.8. The quantitative estimate of drug-likeness (QED) is 0.444. The number of carbonyl (C=O) groups is 2. The minimum atomic E-state index is -0.676. The summed E-state index contributed by atoms with van der Waals surface area (Å²) in [5.41, 5.74) is 1.79. The number of aromatic nitrogens is 2. The van der Waals surface area contributed by atoms with Crippen LogP contribution in [0, 0.1) is 5.92 Å². The number of anilines is 1. The van der Waals surface area contributed by atoms with Gasteiger partial charge in [0.05, 0.1) is 13.0 Å². The van der Waals surface area contributed by atoms with Gasteiger partial charge >= 0.3 is 0 Å². The molecule has 0 aliphatic heterocycles. The lowest BCUT2D eigenvalue weighted by Crippen LogP contribution is -2.49. The van der Waals surface area contributed by atoms with Crippen molar-refractivity contribution in [2.24, 2.45) is 5.92 Å². The van der Waals surface area contributed by atoms with E-state index in [-0.39, 0.29) is 23.7 Å². The Morgan fingerprint density at radius 1 is 1.00 bits per heavy atom. The number of carbonyl (C=O) groups excluding carboxylic acids is 2. The van der Waals surface area contributed by atoms with Gasteiger partial charge in [0.2, 0.25) is 16.9 Å². The summed E-state index contributed by atoms with van der Waals surface area (Å²) in [7, 11) is 1.61. The number of methoxy groups -OCH3 is 1. The third-order valence-corrected chi connectivity index (χ3v) is 6.58. The van der Waals surface area contributed by atoms with Crippen molar-refractivity contribution in [2.75, 3.05) is 12.4 Å². The standard InChI is InChI=1S/C25H30N4O3S/c1-5-16(3)21(26-22(30)20(6-2)17-11-8-7-9-12-17)23(31)27-25-29-28-24(33-25)18-13-10-14-19(15-18)32-4/h7-16,20-21H,5-6H2,1-4H3,(H,26,30)(H,27,29,31)/t16-,20-,21-/m0/s1. The molecule has 33 heavy (non-hydrogen) atoms. The predicted octanol–water partition coefficient (Wildman–Crippen LogP) is 4.88. The number of ether oxygens (including phenoxy) is 1. The summed E-state index contributed by atoms with van der Waals surface area (Å²) in [6, 6.07) is 16.5. The summed E-state index contributed by atoms with van der Waals surface area (Å²) >= 11 is 1.27. The molecule has 0 fully saturated rings. The molecule has 2 amide bonds. The summed E-state index contributed by atoms with van der Waals surface area (Å²) in [6.45, 7) is 5.92. The molecule has 0 bridgehead atoms. The zero-order valence-corrected chi connectivity index (χ0v) is 20.2. The molecule has 0 saturated carbocycles. The second kappa shape index (κ2) is 11.6. The molecule has 0 aliphatic rings. The highest BCUT2D eigenvalue weighted by atomic mass is 32.1. The molecule has 8 heteroatoms. The number of amides is 2. The first-order valence-corrected chi connectivity index (χ1v) is 11.9. The Balaban J connectivity index is 1.73. The molecule has 0 spiro atoms. The number of hydrogen-bond acceptors (Lipinski definition) is 6. The van der Waals surface area contributed by atoms with Crippen molar-refractivity contribution in [3.63, 3.8) is 0 Å². The van der Waals surface area contributed by atoms with Crippen molar-refractivity contribution in [1.82, 2.24) is 15.5 Å². The molecule has 3 rings (SSSR count). The molecular formula is C25H30N4O3S. The number of benzene rings is 2. The number of nitrogens with one attached hydrogen (secondary N) is 2. The van der Waals surface area contributed by atoms with Crippen LogP contribution in [0.3, 0.4) is 0 Å². The summed E-state index contributed by atoms with van der Waals surface area (Å²) in [4.78, 5) is 26.2. The van der Waals surface area contributed by atoms with Crippen LogP contribution in [0.1, 0.15) is 45.1 Å². The van der Waals surface area contributed by atoms with Gasteiger partial charge in [-0.3, -0.25) is 14.9 Å². The van der Waals surface area contributed by atoms with E-state index >= 15 is 0 Å². The van der Waals surface area contributed by atoms with Gasteiger partial charge in [-0.05, 0) is 30.0 Å². The van der Waals surface area contributed by atoms with E-state index in [1.54, 1.807) is 7.11 Å². The maximum Gasteiger partial charge on any atom is 0.249 e. The lowest BCUT2D eigenvalue weighted by atomic mass is 9.93. The van der Waals surface area contributed by atoms with Crippen LogP contribution < -0.4 is 15.4 Å². The summed E-state index contributed by atoms with van der Waals surface area (Å²) in [5, 5.41) is 15.2. The SMILES string of the molecule is CC[C@H](C(=O)N[C@H](C(=O)Nc1nnc(-c2cccc(OC)c2)s1)[C@@H](C)CC)c1ccccc1. The highest BCUT2D eigenvalue weighted by molar-refractivity contribution is 7.18. The summed E-state index contributed by atoms with van der Waals surface area (Å²) < 4.78 is 5.26. The van der Waals surface area contributed by atoms with E-state index in [0.717, 1.165) is 23.3 Å². The first-order valence-electron chi connectivity index (χ1n) is 11.1. The molecule has 2 N–H and O–H groups in total. The molecule has 3 aromatic rings. The number of rotatable bonds is 10. The van der Waals surface area contributed by atoms with Crippen molar-refractivity contribution in [2.45, 2.75) is 45.6 Å². The Morgan fingerprint density at radius 2 is 1.76 bits per heavy atom. The molecule has 2 aromatic carbocycles. The largest absolute Gasteiger partial charge is 0.497 e. The molecule has 0 aliphatic carbocycles. The Morgan fingerprint density at radius 3 is 2.42 bits per heavy atom. The van der Waals surface area contributed by atoms with Crippen LogP contribution in [-0.4, -0.2) is 35.2 Å². The zero-order valence-electron chi connectivity index (χ0n) is 19.4. The van der Waals surface area contributed by atoms with Gasteiger partial charge in [-0.1, -0.05) is 81.0 Å². The second-order valence-electron chi connectivity index (χ2n) is 7.88. The minimum Gasteiger partial charge on any atom is -0.497 e. The van der Waals surface area contributed by atoms with E-state index < -0.39 is 6.04 Å². The number of hydrogen-bond donors (Lipinski definition) is 2. The summed E-state index contributed by atoms with van der Waals surface area (Å²) in [5.74, 6) is -0.0936. The maximum atomic E-state index is 13.1. The lowest BCUT2D eigenvalue weighted by molar-refractivity contribution is -0.128. The highest BCUT2D eigenvalue weighted by Gasteiger charge is 2.29. The van der Waals surface area contributed by atoms with Crippen LogP contribution in [0.4, 0.5) is 5.13 Å². The summed E-state index contributed by atoms with van der Waals surface area (Å²) in [6.07, 6.45) is 1.39. The average molecular weight is 467 g/mol. The fourth-order valence-electron chi connectivity index (χ4n) is 3.54. The Hall–Kier alpha value is -3.26. The normalized spacial score (nSPS) is 13.6. The van der Waals surface area contributed by atoms with E-state index in [9.17, 15) is 9.59 Å².